The first-order chi connectivity index (χ1) is 29.8. The van der Waals surface area contributed by atoms with Gasteiger partial charge < -0.3 is 47.7 Å². The number of ether oxygens (including phenoxy) is 9. The van der Waals surface area contributed by atoms with Crippen LogP contribution in [0.25, 0.3) is 0 Å². The second-order valence-corrected chi connectivity index (χ2v) is 21.7. The fraction of sp³-hybridized carbons (Fsp3) is 0.765. The van der Waals surface area contributed by atoms with Gasteiger partial charge in [-0.15, -0.1) is 0 Å². The number of fused-ring (bicyclic) bond motifs is 2. The van der Waals surface area contributed by atoms with Crippen LogP contribution in [-0.4, -0.2) is 107 Å². The molecule has 1 N–H and O–H groups in total. The van der Waals surface area contributed by atoms with Crippen LogP contribution in [-0.2, 0) is 68.2 Å². The summed E-state index contributed by atoms with van der Waals surface area (Å²) in [6.45, 7) is 31.9. The molecule has 3 rings (SSSR count). The van der Waals surface area contributed by atoms with Gasteiger partial charge in [0.2, 0.25) is 23.1 Å². The van der Waals surface area contributed by atoms with E-state index in [9.17, 15) is 19.5 Å². The fourth-order valence-corrected chi connectivity index (χ4v) is 8.48. The third-order valence-electron chi connectivity index (χ3n) is 11.7. The normalized spacial score (nSPS) is 26.6. The maximum atomic E-state index is 15.4. The third-order valence-corrected chi connectivity index (χ3v) is 11.7. The van der Waals surface area contributed by atoms with Crippen LogP contribution in [0.5, 0.6) is 0 Å². The highest BCUT2D eigenvalue weighted by atomic mass is 16.8. The molecular weight excluding hydrogens is 837 g/mol. The van der Waals surface area contributed by atoms with E-state index in [2.05, 4.69) is 27.4 Å². The van der Waals surface area contributed by atoms with E-state index in [4.69, 9.17) is 42.6 Å². The quantitative estimate of drug-likeness (QED) is 0.0385. The van der Waals surface area contributed by atoms with E-state index in [1.54, 1.807) is 76.2 Å². The van der Waals surface area contributed by atoms with E-state index in [1.165, 1.54) is 14.0 Å². The van der Waals surface area contributed by atoms with E-state index in [0.29, 0.717) is 30.3 Å². The van der Waals surface area contributed by atoms with Crippen molar-refractivity contribution in [3.63, 3.8) is 0 Å². The summed E-state index contributed by atoms with van der Waals surface area (Å²) >= 11 is 0. The highest BCUT2D eigenvalue weighted by Crippen LogP contribution is 2.59. The first-order valence-corrected chi connectivity index (χ1v) is 23.3. The molecule has 2 fully saturated rings. The Morgan fingerprint density at radius 3 is 1.92 bits per heavy atom. The van der Waals surface area contributed by atoms with Crippen molar-refractivity contribution in [2.24, 2.45) is 17.8 Å². The lowest BCUT2D eigenvalue weighted by Gasteiger charge is -2.51. The number of carbonyl (C=O) groups is 4. The molecule has 0 aromatic heterocycles. The molecule has 2 aliphatic rings. The maximum Gasteiger partial charge on any atom is 0.346 e. The molecule has 0 saturated carbocycles. The molecule has 1 aromatic rings. The van der Waals surface area contributed by atoms with Gasteiger partial charge in [-0.3, -0.25) is 4.79 Å². The lowest BCUT2D eigenvalue weighted by molar-refractivity contribution is -0.387. The minimum Gasteiger partial charge on any atom is -0.458 e. The van der Waals surface area contributed by atoms with Gasteiger partial charge in [0.1, 0.15) is 35.1 Å². The predicted molar refractivity (Wildman–Crippen MR) is 245 cm³/mol. The first kappa shape index (κ1) is 55.9. The summed E-state index contributed by atoms with van der Waals surface area (Å²) in [5.74, 6) is -7.43. The lowest BCUT2D eigenvalue weighted by atomic mass is 9.74. The molecule has 0 spiro atoms. The van der Waals surface area contributed by atoms with E-state index in [-0.39, 0.29) is 25.4 Å². The highest BCUT2D eigenvalue weighted by molar-refractivity contribution is 5.99. The van der Waals surface area contributed by atoms with Crippen LogP contribution in [0.2, 0.25) is 0 Å². The smallest absolute Gasteiger partial charge is 0.346 e. The predicted octanol–water partition coefficient (Wildman–Crippen LogP) is 8.76. The number of hydrogen-bond donors (Lipinski definition) is 1. The molecule has 2 saturated heterocycles. The summed E-state index contributed by atoms with van der Waals surface area (Å²) in [5.41, 5.74) is -8.41. The van der Waals surface area contributed by atoms with Crippen LogP contribution in [0.4, 0.5) is 0 Å². The van der Waals surface area contributed by atoms with Crippen molar-refractivity contribution in [3.05, 3.63) is 48.0 Å². The van der Waals surface area contributed by atoms with Crippen LogP contribution in [0.1, 0.15) is 155 Å². The standard InChI is InChI=1S/C51H82O14/c1-19-32(2)30-33(3)24-23-29-58-40-39(60-48(16,17)57-18)49(28-27-34(4)38(59-36(6)52)35(5)31-37-25-21-20-22-26-37)61-41(42(53)62-45(7,8)9)50(56,43(54)63-46(10,11)12)51(40,65-49)44(55)64-47(13,14)15/h20-22,25-26,32-33,35,38-41,56H,4,19,23-24,27-31H2,1-3,5-18H3/t32-,33+,35?,38?,39+,40+,41+,49+,50+,51+/m0/s1. The summed E-state index contributed by atoms with van der Waals surface area (Å²) in [7, 11) is 1.42. The van der Waals surface area contributed by atoms with Crippen LogP contribution in [0, 0.1) is 17.8 Å². The minimum absolute atomic E-state index is 0.000494. The van der Waals surface area contributed by atoms with Crippen molar-refractivity contribution in [2.75, 3.05) is 13.7 Å². The molecule has 370 valence electrons. The van der Waals surface area contributed by atoms with Crippen molar-refractivity contribution in [2.45, 2.75) is 220 Å². The number of rotatable bonds is 22. The zero-order valence-corrected chi connectivity index (χ0v) is 42.5. The van der Waals surface area contributed by atoms with Crippen molar-refractivity contribution in [1.82, 2.24) is 0 Å². The number of benzene rings is 1. The van der Waals surface area contributed by atoms with Crippen molar-refractivity contribution in [1.29, 1.82) is 0 Å². The molecule has 2 heterocycles. The van der Waals surface area contributed by atoms with Gasteiger partial charge in [-0.25, -0.2) is 14.4 Å². The Bertz CT molecular complexity index is 1770. The Kier molecular flexibility index (Phi) is 18.7. The number of aliphatic hydroxyl groups is 1. The second kappa shape index (κ2) is 21.7. The van der Waals surface area contributed by atoms with Gasteiger partial charge in [0.25, 0.3) is 0 Å². The van der Waals surface area contributed by atoms with E-state index >= 15 is 4.79 Å². The molecule has 2 unspecified atom stereocenters. The van der Waals surface area contributed by atoms with Gasteiger partial charge in [-0.2, -0.15) is 0 Å². The van der Waals surface area contributed by atoms with Crippen LogP contribution in [0.3, 0.4) is 0 Å². The summed E-state index contributed by atoms with van der Waals surface area (Å²) < 4.78 is 56.9. The lowest BCUT2D eigenvalue weighted by Crippen LogP contribution is -2.79. The Morgan fingerprint density at radius 2 is 1.40 bits per heavy atom. The third kappa shape index (κ3) is 14.3. The van der Waals surface area contributed by atoms with Crippen LogP contribution in [0.15, 0.2) is 42.5 Å². The summed E-state index contributed by atoms with van der Waals surface area (Å²) in [4.78, 5) is 57.8. The zero-order chi connectivity index (χ0) is 49.6. The van der Waals surface area contributed by atoms with E-state index in [0.717, 1.165) is 24.8 Å². The molecule has 1 aromatic carbocycles. The van der Waals surface area contributed by atoms with E-state index in [1.807, 2.05) is 37.3 Å². The second-order valence-electron chi connectivity index (χ2n) is 21.7. The van der Waals surface area contributed by atoms with Gasteiger partial charge >= 0.3 is 23.9 Å². The van der Waals surface area contributed by atoms with Gasteiger partial charge in [0, 0.05) is 33.0 Å². The topological polar surface area (TPSA) is 172 Å². The number of hydrogen-bond acceptors (Lipinski definition) is 14. The Balaban J connectivity index is 2.41. The number of methoxy groups -OCH3 is 1. The molecule has 14 heteroatoms. The highest BCUT2D eigenvalue weighted by Gasteiger charge is 2.86. The monoisotopic (exact) mass is 919 g/mol. The van der Waals surface area contributed by atoms with E-state index < -0.39 is 87.9 Å². The summed E-state index contributed by atoms with van der Waals surface area (Å²) in [6, 6.07) is 9.74. The molecule has 2 aliphatic heterocycles. The van der Waals surface area contributed by atoms with Gasteiger partial charge in [-0.05, 0) is 131 Å². The fourth-order valence-electron chi connectivity index (χ4n) is 8.48. The van der Waals surface area contributed by atoms with Gasteiger partial charge in [-0.1, -0.05) is 71.0 Å². The molecule has 0 radical (unpaired) electrons. The van der Waals surface area contributed by atoms with Crippen molar-refractivity contribution >= 4 is 23.9 Å². The first-order valence-electron chi connectivity index (χ1n) is 23.3. The minimum atomic E-state index is -3.32. The van der Waals surface area contributed by atoms with Crippen LogP contribution < -0.4 is 0 Å². The molecule has 0 aliphatic carbocycles. The Morgan fingerprint density at radius 1 is 0.831 bits per heavy atom. The maximum absolute atomic E-state index is 15.4. The van der Waals surface area contributed by atoms with Crippen molar-refractivity contribution in [3.8, 4) is 0 Å². The SMILES string of the molecule is C=C(CC[C@@]12O[C@H](C(=O)OC(C)(C)C)[C@@](O)(C(=O)OC(C)(C)C)[C@@](C(=O)OC(C)(C)C)(O1)[C@H](OCCC[C@@H](C)C[C@@H](C)CC)[C@H]2OC(C)(C)OC)C(OC(C)=O)C(C)Cc1ccccc1. The molecule has 2 bridgehead atoms. The molecule has 0 amide bonds. The molecule has 14 nitrogen and oxygen atoms in total. The molecule has 10 atom stereocenters. The Hall–Kier alpha value is -3.40. The Labute approximate surface area is 389 Å². The summed E-state index contributed by atoms with van der Waals surface area (Å²) in [5, 5.41) is 13.5. The van der Waals surface area contributed by atoms with Gasteiger partial charge in [0.05, 0.1) is 0 Å². The van der Waals surface area contributed by atoms with Crippen molar-refractivity contribution < 1.29 is 66.9 Å². The van der Waals surface area contributed by atoms with Gasteiger partial charge in [0.15, 0.2) is 5.79 Å². The average Bonchev–Trinajstić information content (AvgIpc) is 3.40. The average molecular weight is 919 g/mol. The summed E-state index contributed by atoms with van der Waals surface area (Å²) in [6.07, 6.45) is -2.71. The number of carbonyl (C=O) groups excluding carboxylic acids is 4. The molecule has 65 heavy (non-hydrogen) atoms. The largest absolute Gasteiger partial charge is 0.458 e. The number of esters is 4. The molecular formula is C51H82O14. The zero-order valence-electron chi connectivity index (χ0n) is 42.5. The van der Waals surface area contributed by atoms with Crippen LogP contribution >= 0.6 is 0 Å².